The fraction of sp³-hybridized carbons (Fsp3) is 0.476. The highest BCUT2D eigenvalue weighted by Gasteiger charge is 2.42. The van der Waals surface area contributed by atoms with E-state index in [2.05, 4.69) is 23.8 Å². The van der Waals surface area contributed by atoms with Crippen molar-refractivity contribution >= 4 is 11.7 Å². The first-order valence-corrected chi connectivity index (χ1v) is 9.94. The third-order valence-electron chi connectivity index (χ3n) is 5.40. The summed E-state index contributed by atoms with van der Waals surface area (Å²) in [7, 11) is 0. The smallest absolute Gasteiger partial charge is 0.222 e. The number of amides is 1. The van der Waals surface area contributed by atoms with E-state index in [1.807, 2.05) is 17.0 Å². The van der Waals surface area contributed by atoms with Crippen molar-refractivity contribution in [3.8, 4) is 0 Å². The molecule has 3 heterocycles. The SMILES string of the molecule is C=C1C(NCCN)=NC(N)(c2ccncc2)C2=C1CCN(C(=O)CCCC)C2. The second-order valence-corrected chi connectivity index (χ2v) is 7.28. The average Bonchev–Trinajstić information content (AvgIpc) is 2.74. The summed E-state index contributed by atoms with van der Waals surface area (Å²) < 4.78 is 0. The van der Waals surface area contributed by atoms with E-state index < -0.39 is 5.66 Å². The highest BCUT2D eigenvalue weighted by Crippen LogP contribution is 2.40. The largest absolute Gasteiger partial charge is 0.369 e. The van der Waals surface area contributed by atoms with Crippen molar-refractivity contribution in [2.75, 3.05) is 26.2 Å². The van der Waals surface area contributed by atoms with E-state index in [1.54, 1.807) is 12.4 Å². The minimum atomic E-state index is -1.06. The van der Waals surface area contributed by atoms with Gasteiger partial charge in [-0.2, -0.15) is 0 Å². The number of aliphatic imine (C=N–C) groups is 1. The van der Waals surface area contributed by atoms with Crippen LogP contribution >= 0.6 is 0 Å². The molecule has 0 radical (unpaired) electrons. The quantitative estimate of drug-likeness (QED) is 0.689. The molecule has 0 bridgehead atoms. The van der Waals surface area contributed by atoms with Gasteiger partial charge >= 0.3 is 0 Å². The van der Waals surface area contributed by atoms with Crippen molar-refractivity contribution in [2.45, 2.75) is 38.3 Å². The Balaban J connectivity index is 1.98. The van der Waals surface area contributed by atoms with E-state index in [9.17, 15) is 4.79 Å². The van der Waals surface area contributed by atoms with Crippen molar-refractivity contribution in [1.82, 2.24) is 15.2 Å². The molecule has 7 heteroatoms. The van der Waals surface area contributed by atoms with Crippen molar-refractivity contribution in [2.24, 2.45) is 16.5 Å². The van der Waals surface area contributed by atoms with Gasteiger partial charge in [-0.05, 0) is 36.1 Å². The van der Waals surface area contributed by atoms with E-state index >= 15 is 0 Å². The van der Waals surface area contributed by atoms with Crippen LogP contribution in [0.1, 0.15) is 38.2 Å². The number of nitrogens with zero attached hydrogens (tertiary/aromatic N) is 3. The number of dihydropyridines is 1. The second kappa shape index (κ2) is 8.67. The van der Waals surface area contributed by atoms with E-state index in [0.717, 1.165) is 41.5 Å². The Morgan fingerprint density at radius 1 is 1.39 bits per heavy atom. The van der Waals surface area contributed by atoms with Crippen LogP contribution in [-0.4, -0.2) is 47.8 Å². The summed E-state index contributed by atoms with van der Waals surface area (Å²) in [4.78, 5) is 23.5. The van der Waals surface area contributed by atoms with Crippen molar-refractivity contribution in [1.29, 1.82) is 0 Å². The molecule has 7 nitrogen and oxygen atoms in total. The summed E-state index contributed by atoms with van der Waals surface area (Å²) >= 11 is 0. The van der Waals surface area contributed by atoms with Crippen LogP contribution in [0.5, 0.6) is 0 Å². The number of carbonyl (C=O) groups excluding carboxylic acids is 1. The summed E-state index contributed by atoms with van der Waals surface area (Å²) in [5, 5.41) is 3.26. The van der Waals surface area contributed by atoms with Gasteiger partial charge in [-0.1, -0.05) is 19.9 Å². The van der Waals surface area contributed by atoms with Crippen LogP contribution in [0.2, 0.25) is 0 Å². The highest BCUT2D eigenvalue weighted by atomic mass is 16.2. The maximum Gasteiger partial charge on any atom is 0.222 e. The number of unbranched alkanes of at least 4 members (excludes halogenated alkanes) is 1. The predicted molar refractivity (Wildman–Crippen MR) is 111 cm³/mol. The number of hydrogen-bond acceptors (Lipinski definition) is 6. The first kappa shape index (κ1) is 20.2. The minimum Gasteiger partial charge on any atom is -0.369 e. The van der Waals surface area contributed by atoms with Gasteiger partial charge in [-0.3, -0.25) is 15.5 Å². The maximum absolute atomic E-state index is 12.6. The molecule has 0 aromatic carbocycles. The maximum atomic E-state index is 12.6. The topological polar surface area (TPSA) is 110 Å². The first-order valence-electron chi connectivity index (χ1n) is 9.94. The fourth-order valence-electron chi connectivity index (χ4n) is 3.78. The molecule has 1 aromatic heterocycles. The Morgan fingerprint density at radius 3 is 2.82 bits per heavy atom. The normalized spacial score (nSPS) is 22.0. The molecule has 1 unspecified atom stereocenters. The molecule has 1 amide bonds. The summed E-state index contributed by atoms with van der Waals surface area (Å²) in [6, 6.07) is 3.75. The molecular formula is C21H30N6O. The van der Waals surface area contributed by atoms with Crippen LogP contribution in [0.15, 0.2) is 52.8 Å². The van der Waals surface area contributed by atoms with Gasteiger partial charge in [-0.15, -0.1) is 0 Å². The molecule has 0 aliphatic carbocycles. The molecular weight excluding hydrogens is 352 g/mol. The van der Waals surface area contributed by atoms with Gasteiger partial charge in [0.2, 0.25) is 5.91 Å². The average molecular weight is 383 g/mol. The molecule has 28 heavy (non-hydrogen) atoms. The van der Waals surface area contributed by atoms with Crippen LogP contribution in [0.3, 0.4) is 0 Å². The molecule has 150 valence electrons. The lowest BCUT2D eigenvalue weighted by Crippen LogP contribution is -2.51. The number of hydrogen-bond donors (Lipinski definition) is 3. The van der Waals surface area contributed by atoms with E-state index in [4.69, 9.17) is 16.5 Å². The Kier molecular flexibility index (Phi) is 6.26. The molecule has 1 atom stereocenters. The lowest BCUT2D eigenvalue weighted by Gasteiger charge is -2.42. The number of carbonyl (C=O) groups is 1. The molecule has 1 aromatic rings. The zero-order valence-electron chi connectivity index (χ0n) is 16.6. The Labute approximate surface area is 166 Å². The van der Waals surface area contributed by atoms with Gasteiger partial charge in [0.1, 0.15) is 5.84 Å². The van der Waals surface area contributed by atoms with Crippen molar-refractivity contribution in [3.05, 3.63) is 53.4 Å². The van der Waals surface area contributed by atoms with Gasteiger partial charge in [0.05, 0.1) is 0 Å². The monoisotopic (exact) mass is 382 g/mol. The molecule has 0 saturated carbocycles. The fourth-order valence-corrected chi connectivity index (χ4v) is 3.78. The van der Waals surface area contributed by atoms with Crippen LogP contribution in [0.25, 0.3) is 0 Å². The van der Waals surface area contributed by atoms with E-state index in [0.29, 0.717) is 38.4 Å². The number of aromatic nitrogens is 1. The van der Waals surface area contributed by atoms with Gasteiger partial charge < -0.3 is 16.0 Å². The number of nitrogens with one attached hydrogen (secondary N) is 1. The van der Waals surface area contributed by atoms with Gasteiger partial charge in [0.25, 0.3) is 0 Å². The summed E-state index contributed by atoms with van der Waals surface area (Å²) in [5.41, 5.74) is 15.2. The molecule has 0 spiro atoms. The molecule has 2 aliphatic rings. The number of rotatable bonds is 6. The van der Waals surface area contributed by atoms with Crippen LogP contribution in [0.4, 0.5) is 0 Å². The third-order valence-corrected chi connectivity index (χ3v) is 5.40. The zero-order chi connectivity index (χ0) is 20.1. The van der Waals surface area contributed by atoms with E-state index in [-0.39, 0.29) is 5.91 Å². The van der Waals surface area contributed by atoms with E-state index in [1.165, 1.54) is 0 Å². The summed E-state index contributed by atoms with van der Waals surface area (Å²) in [6.07, 6.45) is 6.62. The molecule has 0 saturated heterocycles. The standard InChI is InChI=1S/C21H30N6O/c1-3-4-5-19(28)27-13-8-17-15(2)20(25-12-9-22)26-21(23,18(17)14-27)16-6-10-24-11-7-16/h6-7,10-11H,2-5,8-9,12-14,22-23H2,1H3,(H,25,26). The predicted octanol–water partition coefficient (Wildman–Crippen LogP) is 1.43. The van der Waals surface area contributed by atoms with Gasteiger partial charge in [-0.25, -0.2) is 4.99 Å². The molecule has 3 rings (SSSR count). The van der Waals surface area contributed by atoms with Crippen LogP contribution in [0, 0.1) is 0 Å². The van der Waals surface area contributed by atoms with Gasteiger partial charge in [0.15, 0.2) is 5.66 Å². The number of amidine groups is 1. The van der Waals surface area contributed by atoms with Gasteiger partial charge in [0, 0.05) is 56.1 Å². The third kappa shape index (κ3) is 3.86. The summed E-state index contributed by atoms with van der Waals surface area (Å²) in [5.74, 6) is 0.849. The minimum absolute atomic E-state index is 0.173. The lowest BCUT2D eigenvalue weighted by atomic mass is 9.80. The highest BCUT2D eigenvalue weighted by molar-refractivity contribution is 6.03. The Bertz CT molecular complexity index is 800. The second-order valence-electron chi connectivity index (χ2n) is 7.28. The Morgan fingerprint density at radius 2 is 2.14 bits per heavy atom. The molecule has 2 aliphatic heterocycles. The zero-order valence-corrected chi connectivity index (χ0v) is 16.6. The van der Waals surface area contributed by atoms with Crippen molar-refractivity contribution < 1.29 is 4.79 Å². The first-order chi connectivity index (χ1) is 13.5. The molecule has 5 N–H and O–H groups in total. The number of pyridine rings is 1. The van der Waals surface area contributed by atoms with Crippen molar-refractivity contribution in [3.63, 3.8) is 0 Å². The lowest BCUT2D eigenvalue weighted by molar-refractivity contribution is -0.131. The Hall–Kier alpha value is -2.51. The van der Waals surface area contributed by atoms with Crippen LogP contribution in [-0.2, 0) is 10.5 Å². The molecule has 0 fully saturated rings. The number of nitrogens with two attached hydrogens (primary N) is 2. The summed E-state index contributed by atoms with van der Waals surface area (Å²) in [6.45, 7) is 8.58. The van der Waals surface area contributed by atoms with Crippen LogP contribution < -0.4 is 16.8 Å².